The topological polar surface area (TPSA) is 58.9 Å². The van der Waals surface area contributed by atoms with E-state index in [1.165, 1.54) is 5.56 Å². The molecule has 4 nitrogen and oxygen atoms in total. The average molecular weight is 358 g/mol. The molecule has 2 aromatic carbocycles. The van der Waals surface area contributed by atoms with Crippen LogP contribution in [-0.2, 0) is 9.84 Å². The highest BCUT2D eigenvalue weighted by Gasteiger charge is 2.23. The molecule has 0 radical (unpaired) electrons. The summed E-state index contributed by atoms with van der Waals surface area (Å²) in [5.41, 5.74) is 2.47. The van der Waals surface area contributed by atoms with E-state index in [-0.39, 0.29) is 5.41 Å². The highest BCUT2D eigenvalue weighted by atomic mass is 28.3. The van der Waals surface area contributed by atoms with Crippen molar-refractivity contribution in [2.75, 3.05) is 0 Å². The molecule has 0 amide bonds. The molecule has 25 heavy (non-hydrogen) atoms. The third kappa shape index (κ3) is 5.44. The molecule has 134 valence electrons. The predicted octanol–water partition coefficient (Wildman–Crippen LogP) is 2.74. The molecule has 0 bridgehead atoms. The van der Waals surface area contributed by atoms with E-state index in [0.717, 1.165) is 5.56 Å². The molecule has 1 unspecified atom stereocenters. The van der Waals surface area contributed by atoms with E-state index < -0.39 is 22.4 Å². The maximum absolute atomic E-state index is 9.56. The van der Waals surface area contributed by atoms with Gasteiger partial charge in [-0.25, -0.2) is 0 Å². The summed E-state index contributed by atoms with van der Waals surface area (Å²) >= 11 is 0. The smallest absolute Gasteiger partial charge is 0.462 e. The Labute approximate surface area is 152 Å². The van der Waals surface area contributed by atoms with Crippen molar-refractivity contribution in [2.45, 2.75) is 45.6 Å². The minimum absolute atomic E-state index is 0.0228. The molecule has 0 heterocycles. The molecule has 0 aromatic heterocycles. The van der Waals surface area contributed by atoms with Gasteiger partial charge in [0, 0.05) is 11.0 Å². The van der Waals surface area contributed by atoms with Crippen LogP contribution < -0.4 is 10.2 Å². The molecular formula is C19H27BO4Si. The first-order valence-electron chi connectivity index (χ1n) is 8.56. The van der Waals surface area contributed by atoms with Crippen molar-refractivity contribution in [1.82, 2.24) is 0 Å². The number of benzene rings is 2. The van der Waals surface area contributed by atoms with Gasteiger partial charge in [-0.15, -0.1) is 0 Å². The van der Waals surface area contributed by atoms with Crippen molar-refractivity contribution in [1.29, 1.82) is 0 Å². The molecule has 0 spiro atoms. The maximum Gasteiger partial charge on any atom is 0.492 e. The lowest BCUT2D eigenvalue weighted by Crippen LogP contribution is -2.32. The molecule has 0 aliphatic heterocycles. The zero-order chi connectivity index (χ0) is 18.6. The van der Waals surface area contributed by atoms with Gasteiger partial charge in [-0.2, -0.15) is 0 Å². The van der Waals surface area contributed by atoms with Gasteiger partial charge >= 0.3 is 7.12 Å². The first-order valence-corrected chi connectivity index (χ1v) is 11.3. The minimum Gasteiger partial charge on any atom is -0.462 e. The van der Waals surface area contributed by atoms with Gasteiger partial charge in [0.05, 0.1) is 0 Å². The molecule has 0 fully saturated rings. The lowest BCUT2D eigenvalue weighted by Gasteiger charge is -2.26. The summed E-state index contributed by atoms with van der Waals surface area (Å²) in [4.78, 5) is 0. The highest BCUT2D eigenvalue weighted by Crippen LogP contribution is 2.28. The fraction of sp³-hybridized carbons (Fsp3) is 0.368. The largest absolute Gasteiger partial charge is 0.492 e. The summed E-state index contributed by atoms with van der Waals surface area (Å²) < 4.78 is 12.2. The fourth-order valence-electron chi connectivity index (χ4n) is 2.49. The van der Waals surface area contributed by atoms with E-state index in [4.69, 9.17) is 9.16 Å². The third-order valence-electron chi connectivity index (χ3n) is 3.85. The van der Waals surface area contributed by atoms with Crippen molar-refractivity contribution in [3.05, 3.63) is 59.7 Å². The highest BCUT2D eigenvalue weighted by molar-refractivity contribution is 6.59. The Bertz CT molecular complexity index is 698. The lowest BCUT2D eigenvalue weighted by atomic mass is 9.79. The minimum atomic E-state index is -1.59. The monoisotopic (exact) mass is 358 g/mol. The molecule has 1 atom stereocenters. The van der Waals surface area contributed by atoms with Crippen LogP contribution in [0.25, 0.3) is 0 Å². The molecule has 0 aliphatic rings. The SMILES string of the molecule is C[SiH](C)OC(Oc1ccccc1B(O)O)c1cccc(C(C)(C)C)c1. The summed E-state index contributed by atoms with van der Waals surface area (Å²) in [6.07, 6.45) is -0.575. The Hall–Kier alpha value is -1.60. The van der Waals surface area contributed by atoms with Crippen LogP contribution in [0.3, 0.4) is 0 Å². The standard InChI is InChI=1S/C19H27BO4Si/c1-19(2,3)15-10-8-9-14(13-15)18(24-25(4)5)23-17-12-7-6-11-16(17)20(21)22/h6-13,18,21-22,25H,1-5H3. The molecule has 2 aromatic rings. The van der Waals surface area contributed by atoms with Crippen molar-refractivity contribution < 1.29 is 19.2 Å². The lowest BCUT2D eigenvalue weighted by molar-refractivity contribution is 0.00293. The average Bonchev–Trinajstić information content (AvgIpc) is 2.53. The number of ether oxygens (including phenoxy) is 1. The van der Waals surface area contributed by atoms with Crippen LogP contribution in [-0.4, -0.2) is 26.2 Å². The first-order chi connectivity index (χ1) is 11.7. The van der Waals surface area contributed by atoms with Crippen molar-refractivity contribution >= 4 is 21.6 Å². The number of hydrogen-bond acceptors (Lipinski definition) is 4. The van der Waals surface area contributed by atoms with Gasteiger partial charge in [-0.1, -0.05) is 57.2 Å². The summed E-state index contributed by atoms with van der Waals surface area (Å²) in [5, 5.41) is 19.1. The maximum atomic E-state index is 9.56. The van der Waals surface area contributed by atoms with E-state index in [9.17, 15) is 10.0 Å². The normalized spacial score (nSPS) is 13.0. The molecule has 0 saturated carbocycles. The summed E-state index contributed by atoms with van der Waals surface area (Å²) in [6, 6.07) is 15.1. The second-order valence-corrected chi connectivity index (χ2v) is 9.79. The summed E-state index contributed by atoms with van der Waals surface area (Å²) in [6.45, 7) is 10.7. The van der Waals surface area contributed by atoms with Gasteiger partial charge in [-0.05, 0) is 36.2 Å². The van der Waals surface area contributed by atoms with E-state index in [0.29, 0.717) is 11.2 Å². The van der Waals surface area contributed by atoms with Crippen molar-refractivity contribution in [3.63, 3.8) is 0 Å². The molecule has 6 heteroatoms. The van der Waals surface area contributed by atoms with Gasteiger partial charge in [0.1, 0.15) is 5.75 Å². The van der Waals surface area contributed by atoms with Crippen LogP contribution in [0.5, 0.6) is 5.75 Å². The van der Waals surface area contributed by atoms with Crippen LogP contribution in [0, 0.1) is 0 Å². The van der Waals surface area contributed by atoms with Gasteiger partial charge in [0.2, 0.25) is 6.29 Å². The van der Waals surface area contributed by atoms with Crippen LogP contribution in [0.1, 0.15) is 38.2 Å². The van der Waals surface area contributed by atoms with Gasteiger partial charge in [0.25, 0.3) is 0 Å². The van der Waals surface area contributed by atoms with Crippen LogP contribution in [0.4, 0.5) is 0 Å². The second-order valence-electron chi connectivity index (χ2n) is 7.42. The van der Waals surface area contributed by atoms with Gasteiger partial charge in [-0.3, -0.25) is 0 Å². The number of hydrogen-bond donors (Lipinski definition) is 2. The zero-order valence-corrected chi connectivity index (χ0v) is 16.7. The second kappa shape index (κ2) is 8.19. The first kappa shape index (κ1) is 19.7. The molecular weight excluding hydrogens is 331 g/mol. The van der Waals surface area contributed by atoms with Gasteiger partial charge < -0.3 is 19.2 Å². The van der Waals surface area contributed by atoms with E-state index in [2.05, 4.69) is 46.0 Å². The van der Waals surface area contributed by atoms with Crippen LogP contribution in [0.15, 0.2) is 48.5 Å². The predicted molar refractivity (Wildman–Crippen MR) is 105 cm³/mol. The molecule has 2 rings (SSSR count). The number of para-hydroxylation sites is 1. The van der Waals surface area contributed by atoms with E-state index in [1.54, 1.807) is 24.3 Å². The third-order valence-corrected chi connectivity index (χ3v) is 4.64. The summed E-state index contributed by atoms with van der Waals surface area (Å²) in [5.74, 6) is 0.415. The molecule has 0 aliphatic carbocycles. The zero-order valence-electron chi connectivity index (χ0n) is 15.6. The Morgan fingerprint density at radius 3 is 2.28 bits per heavy atom. The molecule has 2 N–H and O–H groups in total. The van der Waals surface area contributed by atoms with Gasteiger partial charge in [0.15, 0.2) is 9.04 Å². The quantitative estimate of drug-likeness (QED) is 0.616. The van der Waals surface area contributed by atoms with Crippen molar-refractivity contribution in [3.8, 4) is 5.75 Å². The van der Waals surface area contributed by atoms with Crippen LogP contribution >= 0.6 is 0 Å². The Balaban J connectivity index is 2.38. The number of rotatable bonds is 6. The fourth-order valence-corrected chi connectivity index (χ4v) is 3.20. The van der Waals surface area contributed by atoms with Crippen LogP contribution in [0.2, 0.25) is 13.1 Å². The van der Waals surface area contributed by atoms with Crippen molar-refractivity contribution in [2.24, 2.45) is 0 Å². The Morgan fingerprint density at radius 1 is 1.00 bits per heavy atom. The van der Waals surface area contributed by atoms with E-state index in [1.807, 2.05) is 12.1 Å². The Kier molecular flexibility index (Phi) is 6.46. The van der Waals surface area contributed by atoms with E-state index >= 15 is 0 Å². The Morgan fingerprint density at radius 2 is 1.68 bits per heavy atom. The molecule has 0 saturated heterocycles. The summed E-state index contributed by atoms with van der Waals surface area (Å²) in [7, 11) is -2.98.